The van der Waals surface area contributed by atoms with Crippen molar-refractivity contribution in [2.45, 2.75) is 26.7 Å². The van der Waals surface area contributed by atoms with Gasteiger partial charge in [0.1, 0.15) is 5.58 Å². The van der Waals surface area contributed by atoms with Gasteiger partial charge in [0.05, 0.1) is 23.7 Å². The number of aromatic nitrogens is 2. The van der Waals surface area contributed by atoms with Gasteiger partial charge in [-0.15, -0.1) is 0 Å². The number of fused-ring (bicyclic) bond motifs is 2. The van der Waals surface area contributed by atoms with Crippen LogP contribution >= 0.6 is 0 Å². The molecule has 0 radical (unpaired) electrons. The van der Waals surface area contributed by atoms with Crippen molar-refractivity contribution in [1.29, 1.82) is 0 Å². The number of nitrogens with one attached hydrogen (secondary N) is 1. The van der Waals surface area contributed by atoms with Crippen LogP contribution in [0.25, 0.3) is 22.0 Å². The van der Waals surface area contributed by atoms with Gasteiger partial charge in [0.2, 0.25) is 11.9 Å². The van der Waals surface area contributed by atoms with Gasteiger partial charge < -0.3 is 19.2 Å². The summed E-state index contributed by atoms with van der Waals surface area (Å²) in [6.45, 7) is 7.29. The number of hydrogen-bond acceptors (Lipinski definition) is 4. The second-order valence-electron chi connectivity index (χ2n) is 8.17. The highest BCUT2D eigenvalue weighted by atomic mass is 16.3. The van der Waals surface area contributed by atoms with Crippen LogP contribution in [-0.2, 0) is 11.2 Å². The van der Waals surface area contributed by atoms with Gasteiger partial charge in [-0.05, 0) is 55.7 Å². The van der Waals surface area contributed by atoms with Crippen LogP contribution in [0.4, 0.5) is 5.95 Å². The van der Waals surface area contributed by atoms with Gasteiger partial charge in [-0.25, -0.2) is 4.98 Å². The van der Waals surface area contributed by atoms with E-state index in [1.54, 1.807) is 6.26 Å². The largest absolute Gasteiger partial charge is 0.464 e. The van der Waals surface area contributed by atoms with E-state index < -0.39 is 0 Å². The summed E-state index contributed by atoms with van der Waals surface area (Å²) in [4.78, 5) is 25.4. The number of amides is 1. The van der Waals surface area contributed by atoms with Gasteiger partial charge in [-0.1, -0.05) is 12.1 Å². The third-order valence-corrected chi connectivity index (χ3v) is 6.14. The van der Waals surface area contributed by atoms with Gasteiger partial charge in [0.15, 0.2) is 0 Å². The van der Waals surface area contributed by atoms with Gasteiger partial charge in [0.25, 0.3) is 0 Å². The number of furan rings is 1. The number of aromatic amines is 1. The Balaban J connectivity index is 1.29. The molecule has 6 nitrogen and oxygen atoms in total. The summed E-state index contributed by atoms with van der Waals surface area (Å²) in [6.07, 6.45) is 3.04. The number of carbonyl (C=O) groups excluding carboxylic acids is 1. The number of H-pyrrole nitrogens is 1. The summed E-state index contributed by atoms with van der Waals surface area (Å²) < 4.78 is 5.71. The Morgan fingerprint density at radius 1 is 1.10 bits per heavy atom. The molecule has 1 saturated heterocycles. The first-order valence-electron chi connectivity index (χ1n) is 10.5. The molecule has 0 aliphatic carbocycles. The third-order valence-electron chi connectivity index (χ3n) is 6.14. The molecule has 30 heavy (non-hydrogen) atoms. The second kappa shape index (κ2) is 7.52. The molecule has 0 unspecified atom stereocenters. The number of para-hydroxylation sites is 2. The van der Waals surface area contributed by atoms with Gasteiger partial charge >= 0.3 is 0 Å². The molecule has 0 bridgehead atoms. The molecule has 0 atom stereocenters. The molecule has 0 spiro atoms. The SMILES string of the molecule is Cc1cc2occ(CC(=O)N3CCCN(c4nc5ccccc5[nH]4)CC3)c2cc1C. The number of anilines is 1. The number of aryl methyl sites for hydroxylation is 2. The summed E-state index contributed by atoms with van der Waals surface area (Å²) in [5.74, 6) is 1.04. The predicted octanol–water partition coefficient (Wildman–Crippen LogP) is 4.21. The van der Waals surface area contributed by atoms with Crippen LogP contribution in [0, 0.1) is 13.8 Å². The first kappa shape index (κ1) is 18.7. The lowest BCUT2D eigenvalue weighted by Crippen LogP contribution is -2.36. The maximum absolute atomic E-state index is 13.0. The normalized spacial score (nSPS) is 15.1. The predicted molar refractivity (Wildman–Crippen MR) is 119 cm³/mol. The van der Waals surface area contributed by atoms with Crippen molar-refractivity contribution in [2.24, 2.45) is 0 Å². The van der Waals surface area contributed by atoms with Crippen molar-refractivity contribution < 1.29 is 9.21 Å². The molecule has 154 valence electrons. The fourth-order valence-electron chi connectivity index (χ4n) is 4.22. The highest BCUT2D eigenvalue weighted by Crippen LogP contribution is 2.26. The monoisotopic (exact) mass is 402 g/mol. The van der Waals surface area contributed by atoms with Crippen LogP contribution in [0.3, 0.4) is 0 Å². The lowest BCUT2D eigenvalue weighted by molar-refractivity contribution is -0.130. The van der Waals surface area contributed by atoms with Crippen molar-refractivity contribution >= 4 is 33.9 Å². The minimum Gasteiger partial charge on any atom is -0.464 e. The average molecular weight is 402 g/mol. The topological polar surface area (TPSA) is 65.4 Å². The molecular weight excluding hydrogens is 376 g/mol. The van der Waals surface area contributed by atoms with E-state index in [2.05, 4.69) is 35.9 Å². The molecule has 1 amide bonds. The molecule has 3 heterocycles. The molecule has 2 aromatic heterocycles. The van der Waals surface area contributed by atoms with E-state index in [1.165, 1.54) is 11.1 Å². The zero-order valence-electron chi connectivity index (χ0n) is 17.4. The maximum atomic E-state index is 13.0. The van der Waals surface area contributed by atoms with E-state index in [-0.39, 0.29) is 5.91 Å². The Hall–Kier alpha value is -3.28. The van der Waals surface area contributed by atoms with Crippen LogP contribution in [0.2, 0.25) is 0 Å². The zero-order valence-corrected chi connectivity index (χ0v) is 17.4. The molecule has 1 fully saturated rings. The average Bonchev–Trinajstić information content (AvgIpc) is 3.24. The fourth-order valence-corrected chi connectivity index (χ4v) is 4.22. The second-order valence-corrected chi connectivity index (χ2v) is 8.17. The zero-order chi connectivity index (χ0) is 20.7. The summed E-state index contributed by atoms with van der Waals surface area (Å²) in [7, 11) is 0. The van der Waals surface area contributed by atoms with Gasteiger partial charge in [-0.3, -0.25) is 4.79 Å². The molecule has 1 aliphatic heterocycles. The van der Waals surface area contributed by atoms with Crippen molar-refractivity contribution in [3.63, 3.8) is 0 Å². The Labute approximate surface area is 175 Å². The molecule has 4 aromatic rings. The number of carbonyl (C=O) groups is 1. The Bertz CT molecular complexity index is 1190. The number of hydrogen-bond donors (Lipinski definition) is 1. The fraction of sp³-hybridized carbons (Fsp3) is 0.333. The molecule has 0 saturated carbocycles. The first-order chi connectivity index (χ1) is 14.6. The maximum Gasteiger partial charge on any atom is 0.227 e. The number of nitrogens with zero attached hydrogens (tertiary/aromatic N) is 3. The minimum atomic E-state index is 0.155. The van der Waals surface area contributed by atoms with Crippen LogP contribution in [0.15, 0.2) is 47.1 Å². The van der Waals surface area contributed by atoms with E-state index in [4.69, 9.17) is 9.40 Å². The number of rotatable bonds is 3. The van der Waals surface area contributed by atoms with Crippen molar-refractivity contribution in [3.05, 3.63) is 59.4 Å². The van der Waals surface area contributed by atoms with Crippen LogP contribution in [-0.4, -0.2) is 47.0 Å². The Kier molecular flexibility index (Phi) is 4.69. The summed E-state index contributed by atoms with van der Waals surface area (Å²) in [5.41, 5.74) is 6.26. The van der Waals surface area contributed by atoms with Crippen molar-refractivity contribution in [2.75, 3.05) is 31.1 Å². The van der Waals surface area contributed by atoms with E-state index in [0.29, 0.717) is 13.0 Å². The molecule has 2 aromatic carbocycles. The Morgan fingerprint density at radius 2 is 1.93 bits per heavy atom. The number of benzene rings is 2. The van der Waals surface area contributed by atoms with Gasteiger partial charge in [0, 0.05) is 37.1 Å². The van der Waals surface area contributed by atoms with E-state index in [9.17, 15) is 4.79 Å². The summed E-state index contributed by atoms with van der Waals surface area (Å²) in [6, 6.07) is 12.2. The highest BCUT2D eigenvalue weighted by Gasteiger charge is 2.22. The van der Waals surface area contributed by atoms with E-state index >= 15 is 0 Å². The van der Waals surface area contributed by atoms with Gasteiger partial charge in [-0.2, -0.15) is 0 Å². The molecule has 1 N–H and O–H groups in total. The molecular formula is C24H26N4O2. The standard InChI is InChI=1S/C24H26N4O2/c1-16-12-19-18(15-30-22(19)13-17(16)2)14-23(29)27-8-5-9-28(11-10-27)24-25-20-6-3-4-7-21(20)26-24/h3-4,6-7,12-13,15H,5,8-11,14H2,1-2H3,(H,25,26). The first-order valence-corrected chi connectivity index (χ1v) is 10.5. The lowest BCUT2D eigenvalue weighted by Gasteiger charge is -2.21. The highest BCUT2D eigenvalue weighted by molar-refractivity contribution is 5.88. The quantitative estimate of drug-likeness (QED) is 0.558. The number of imidazole rings is 1. The van der Waals surface area contributed by atoms with Crippen LogP contribution < -0.4 is 4.90 Å². The smallest absolute Gasteiger partial charge is 0.227 e. The van der Waals surface area contributed by atoms with E-state index in [1.807, 2.05) is 29.2 Å². The third kappa shape index (κ3) is 3.43. The minimum absolute atomic E-state index is 0.155. The molecule has 5 rings (SSSR count). The Morgan fingerprint density at radius 3 is 2.80 bits per heavy atom. The summed E-state index contributed by atoms with van der Waals surface area (Å²) in [5, 5.41) is 1.05. The molecule has 6 heteroatoms. The summed E-state index contributed by atoms with van der Waals surface area (Å²) >= 11 is 0. The van der Waals surface area contributed by atoms with Crippen LogP contribution in [0.1, 0.15) is 23.1 Å². The van der Waals surface area contributed by atoms with E-state index in [0.717, 1.165) is 59.6 Å². The lowest BCUT2D eigenvalue weighted by atomic mass is 10.0. The van der Waals surface area contributed by atoms with Crippen molar-refractivity contribution in [1.82, 2.24) is 14.9 Å². The van der Waals surface area contributed by atoms with Crippen LogP contribution in [0.5, 0.6) is 0 Å². The van der Waals surface area contributed by atoms with Crippen molar-refractivity contribution in [3.8, 4) is 0 Å². The molecule has 1 aliphatic rings.